The van der Waals surface area contributed by atoms with Crippen LogP contribution in [-0.4, -0.2) is 32.7 Å². The quantitative estimate of drug-likeness (QED) is 0.656. The zero-order valence-corrected chi connectivity index (χ0v) is 7.91. The van der Waals surface area contributed by atoms with Crippen LogP contribution in [0, 0.1) is 0 Å². The number of amides is 1. The summed E-state index contributed by atoms with van der Waals surface area (Å²) in [5.74, 6) is 0.00134. The van der Waals surface area contributed by atoms with Crippen molar-refractivity contribution in [2.45, 2.75) is 6.42 Å². The zero-order chi connectivity index (χ0) is 8.97. The molecule has 0 aliphatic carbocycles. The van der Waals surface area contributed by atoms with Crippen molar-refractivity contribution < 1.29 is 4.79 Å². The lowest BCUT2D eigenvalue weighted by Crippen LogP contribution is -2.17. The van der Waals surface area contributed by atoms with E-state index in [0.717, 1.165) is 0 Å². The van der Waals surface area contributed by atoms with E-state index in [4.69, 9.17) is 5.73 Å². The van der Waals surface area contributed by atoms with Crippen LogP contribution in [0.4, 0.5) is 5.95 Å². The van der Waals surface area contributed by atoms with Crippen LogP contribution in [0.5, 0.6) is 0 Å². The smallest absolute Gasteiger partial charge is 0.270 e. The summed E-state index contributed by atoms with van der Waals surface area (Å²) in [7, 11) is 1.62. The first-order chi connectivity index (χ1) is 5.72. The van der Waals surface area contributed by atoms with Crippen molar-refractivity contribution in [2.24, 2.45) is 12.8 Å². The number of aromatic nitrogens is 4. The van der Waals surface area contributed by atoms with Crippen molar-refractivity contribution >= 4 is 24.3 Å². The van der Waals surface area contributed by atoms with E-state index in [2.05, 4.69) is 20.7 Å². The molecule has 1 rings (SSSR count). The lowest BCUT2D eigenvalue weighted by atomic mass is 10.4. The summed E-state index contributed by atoms with van der Waals surface area (Å²) in [6.07, 6.45) is 0.262. The molecule has 7 nitrogen and oxygen atoms in total. The Kier molecular flexibility index (Phi) is 4.93. The summed E-state index contributed by atoms with van der Waals surface area (Å²) in [5.41, 5.74) is 5.17. The Morgan fingerprint density at radius 3 is 2.85 bits per heavy atom. The molecule has 0 saturated heterocycles. The van der Waals surface area contributed by atoms with Crippen molar-refractivity contribution in [2.75, 3.05) is 11.9 Å². The summed E-state index contributed by atoms with van der Waals surface area (Å²) < 4.78 is 0. The van der Waals surface area contributed by atoms with Crippen LogP contribution in [0.15, 0.2) is 0 Å². The van der Waals surface area contributed by atoms with Crippen LogP contribution in [0.1, 0.15) is 6.42 Å². The summed E-state index contributed by atoms with van der Waals surface area (Å²) in [5, 5.41) is 13.3. The number of hydrogen-bond donors (Lipinski definition) is 2. The number of nitrogens with zero attached hydrogens (tertiary/aromatic N) is 4. The van der Waals surface area contributed by atoms with Crippen LogP contribution in [0.3, 0.4) is 0 Å². The number of anilines is 1. The van der Waals surface area contributed by atoms with Crippen molar-refractivity contribution in [3.8, 4) is 0 Å². The van der Waals surface area contributed by atoms with Gasteiger partial charge in [0, 0.05) is 13.0 Å². The predicted octanol–water partition coefficient (Wildman–Crippen LogP) is -1.08. The highest BCUT2D eigenvalue weighted by molar-refractivity contribution is 5.88. The molecule has 8 heteroatoms. The van der Waals surface area contributed by atoms with E-state index in [1.807, 2.05) is 0 Å². The Morgan fingerprint density at radius 1 is 1.69 bits per heavy atom. The minimum atomic E-state index is -0.203. The van der Waals surface area contributed by atoms with Gasteiger partial charge in [-0.1, -0.05) is 5.10 Å². The second-order valence-electron chi connectivity index (χ2n) is 2.19. The Morgan fingerprint density at radius 2 is 2.38 bits per heavy atom. The van der Waals surface area contributed by atoms with Gasteiger partial charge >= 0.3 is 0 Å². The molecular formula is C5H11ClN6O. The third-order valence-electron chi connectivity index (χ3n) is 1.13. The fourth-order valence-electron chi connectivity index (χ4n) is 0.652. The van der Waals surface area contributed by atoms with Gasteiger partial charge in [0.15, 0.2) is 0 Å². The molecule has 0 saturated carbocycles. The minimum absolute atomic E-state index is 0. The molecule has 1 amide bonds. The zero-order valence-electron chi connectivity index (χ0n) is 7.10. The number of nitrogens with one attached hydrogen (secondary N) is 1. The van der Waals surface area contributed by atoms with Crippen molar-refractivity contribution in [3.05, 3.63) is 0 Å². The fourth-order valence-corrected chi connectivity index (χ4v) is 0.652. The third kappa shape index (κ3) is 3.81. The lowest BCUT2D eigenvalue weighted by Gasteiger charge is -1.95. The van der Waals surface area contributed by atoms with Crippen molar-refractivity contribution in [1.29, 1.82) is 0 Å². The van der Waals surface area contributed by atoms with Gasteiger partial charge in [0.2, 0.25) is 5.91 Å². The highest BCUT2D eigenvalue weighted by atomic mass is 35.5. The summed E-state index contributed by atoms with van der Waals surface area (Å²) in [6.45, 7) is 0.312. The molecule has 3 N–H and O–H groups in total. The molecule has 0 atom stereocenters. The molecule has 13 heavy (non-hydrogen) atoms. The Hall–Kier alpha value is -1.21. The highest BCUT2D eigenvalue weighted by Crippen LogP contribution is 1.92. The lowest BCUT2D eigenvalue weighted by molar-refractivity contribution is -0.116. The van der Waals surface area contributed by atoms with Crippen molar-refractivity contribution in [1.82, 2.24) is 20.2 Å². The molecule has 74 valence electrons. The second-order valence-corrected chi connectivity index (χ2v) is 2.19. The molecule has 0 aliphatic heterocycles. The predicted molar refractivity (Wildman–Crippen MR) is 48.3 cm³/mol. The molecule has 1 aromatic heterocycles. The summed E-state index contributed by atoms with van der Waals surface area (Å²) in [6, 6.07) is 0. The number of aryl methyl sites for hydroxylation is 1. The molecule has 0 spiro atoms. The van der Waals surface area contributed by atoms with E-state index in [0.29, 0.717) is 6.54 Å². The van der Waals surface area contributed by atoms with Crippen molar-refractivity contribution in [3.63, 3.8) is 0 Å². The van der Waals surface area contributed by atoms with Crippen LogP contribution in [0.2, 0.25) is 0 Å². The summed E-state index contributed by atoms with van der Waals surface area (Å²) >= 11 is 0. The first kappa shape index (κ1) is 11.8. The van der Waals surface area contributed by atoms with Crippen LogP contribution in [0.25, 0.3) is 0 Å². The molecule has 0 radical (unpaired) electrons. The maximum Gasteiger partial charge on any atom is 0.270 e. The SMILES string of the molecule is Cl.Cn1nnc(NC(=O)CCN)n1. The Balaban J connectivity index is 0.00000144. The van der Waals surface area contributed by atoms with Gasteiger partial charge in [0.25, 0.3) is 5.95 Å². The maximum absolute atomic E-state index is 10.9. The minimum Gasteiger partial charge on any atom is -0.330 e. The fraction of sp³-hybridized carbons (Fsp3) is 0.600. The van der Waals surface area contributed by atoms with Gasteiger partial charge in [-0.2, -0.15) is 4.80 Å². The average molecular weight is 207 g/mol. The number of tetrazole rings is 1. The number of carbonyl (C=O) groups is 1. The first-order valence-electron chi connectivity index (χ1n) is 3.46. The van der Waals surface area contributed by atoms with Gasteiger partial charge in [-0.15, -0.1) is 17.5 Å². The topological polar surface area (TPSA) is 98.7 Å². The van der Waals surface area contributed by atoms with Crippen LogP contribution < -0.4 is 11.1 Å². The third-order valence-corrected chi connectivity index (χ3v) is 1.13. The second kappa shape index (κ2) is 5.44. The maximum atomic E-state index is 10.9. The highest BCUT2D eigenvalue weighted by Gasteiger charge is 2.04. The van der Waals surface area contributed by atoms with Gasteiger partial charge in [-0.25, -0.2) is 0 Å². The largest absolute Gasteiger partial charge is 0.330 e. The van der Waals surface area contributed by atoms with Gasteiger partial charge in [-0.05, 0) is 5.21 Å². The van der Waals surface area contributed by atoms with E-state index in [1.165, 1.54) is 4.80 Å². The van der Waals surface area contributed by atoms with E-state index < -0.39 is 0 Å². The normalized spacial score (nSPS) is 9.08. The average Bonchev–Trinajstić information content (AvgIpc) is 2.36. The van der Waals surface area contributed by atoms with E-state index in [-0.39, 0.29) is 30.7 Å². The van der Waals surface area contributed by atoms with Crippen LogP contribution >= 0.6 is 12.4 Å². The van der Waals surface area contributed by atoms with E-state index in [9.17, 15) is 4.79 Å². The molecule has 0 unspecified atom stereocenters. The van der Waals surface area contributed by atoms with Gasteiger partial charge < -0.3 is 5.73 Å². The Bertz CT molecular complexity index is 274. The molecule has 0 fully saturated rings. The number of nitrogens with two attached hydrogens (primary N) is 1. The molecule has 1 aromatic rings. The van der Waals surface area contributed by atoms with Gasteiger partial charge in [0.1, 0.15) is 0 Å². The van der Waals surface area contributed by atoms with Gasteiger partial charge in [-0.3, -0.25) is 10.1 Å². The van der Waals surface area contributed by atoms with Gasteiger partial charge in [0.05, 0.1) is 7.05 Å². The van der Waals surface area contributed by atoms with E-state index >= 15 is 0 Å². The number of rotatable bonds is 3. The van der Waals surface area contributed by atoms with Crippen LogP contribution in [-0.2, 0) is 11.8 Å². The van der Waals surface area contributed by atoms with E-state index in [1.54, 1.807) is 7.05 Å². The monoisotopic (exact) mass is 206 g/mol. The molecule has 0 aromatic carbocycles. The number of halogens is 1. The number of carbonyl (C=O) groups excluding carboxylic acids is 1. The Labute approximate surface area is 81.1 Å². The molecule has 0 bridgehead atoms. The molecule has 0 aliphatic rings. The first-order valence-corrected chi connectivity index (χ1v) is 3.46. The summed E-state index contributed by atoms with van der Waals surface area (Å²) in [4.78, 5) is 12.2. The molecule has 1 heterocycles. The standard InChI is InChI=1S/C5H10N6O.ClH/c1-11-9-5(8-10-11)7-4(12)2-3-6;/h2-3,6H2,1H3,(H,7,9,12);1H. The molecular weight excluding hydrogens is 196 g/mol. The number of hydrogen-bond acceptors (Lipinski definition) is 5.